The Bertz CT molecular complexity index is 789. The van der Waals surface area contributed by atoms with Gasteiger partial charge in [-0.05, 0) is 61.8 Å². The molecule has 25 heavy (non-hydrogen) atoms. The number of ketones is 2. The molecule has 0 heterocycles. The molecule has 0 spiro atoms. The summed E-state index contributed by atoms with van der Waals surface area (Å²) in [6, 6.07) is 11.6. The standard InChI is InChI=1S/C22H22O2S/c1-15-5-7-19(17(3)13-15)21(23)9-11-25-12-10-22(24)20-8-6-16(2)14-18(20)4/h5-14H,1-4H3/b11-9-,12-10+. The van der Waals surface area contributed by atoms with E-state index in [4.69, 9.17) is 0 Å². The van der Waals surface area contributed by atoms with Crippen LogP contribution in [0.5, 0.6) is 0 Å². The van der Waals surface area contributed by atoms with E-state index in [-0.39, 0.29) is 11.6 Å². The minimum absolute atomic E-state index is 0.0286. The van der Waals surface area contributed by atoms with Gasteiger partial charge in [0.05, 0.1) is 0 Å². The van der Waals surface area contributed by atoms with E-state index in [1.54, 1.807) is 10.8 Å². The Kier molecular flexibility index (Phi) is 6.54. The molecule has 0 saturated carbocycles. The van der Waals surface area contributed by atoms with Gasteiger partial charge in [0, 0.05) is 11.1 Å². The normalized spacial score (nSPS) is 11.4. The van der Waals surface area contributed by atoms with Gasteiger partial charge in [0.15, 0.2) is 11.6 Å². The van der Waals surface area contributed by atoms with Crippen LogP contribution in [0.3, 0.4) is 0 Å². The predicted molar refractivity (Wildman–Crippen MR) is 106 cm³/mol. The predicted octanol–water partition coefficient (Wildman–Crippen LogP) is 5.75. The van der Waals surface area contributed by atoms with Gasteiger partial charge in [0.25, 0.3) is 0 Å². The Balaban J connectivity index is 1.95. The van der Waals surface area contributed by atoms with Gasteiger partial charge in [-0.1, -0.05) is 47.5 Å². The van der Waals surface area contributed by atoms with Gasteiger partial charge >= 0.3 is 0 Å². The lowest BCUT2D eigenvalue weighted by Crippen LogP contribution is -1.98. The van der Waals surface area contributed by atoms with Crippen molar-refractivity contribution < 1.29 is 9.59 Å². The number of rotatable bonds is 6. The first-order chi connectivity index (χ1) is 11.9. The Morgan fingerprint density at radius 1 is 0.720 bits per heavy atom. The first kappa shape index (κ1) is 18.9. The summed E-state index contributed by atoms with van der Waals surface area (Å²) in [5, 5.41) is 3.40. The summed E-state index contributed by atoms with van der Waals surface area (Å²) < 4.78 is 0. The van der Waals surface area contributed by atoms with Crippen LogP contribution in [0.2, 0.25) is 0 Å². The van der Waals surface area contributed by atoms with Gasteiger partial charge < -0.3 is 0 Å². The quantitative estimate of drug-likeness (QED) is 0.491. The van der Waals surface area contributed by atoms with Crippen LogP contribution in [-0.4, -0.2) is 11.6 Å². The maximum absolute atomic E-state index is 12.2. The van der Waals surface area contributed by atoms with Gasteiger partial charge in [-0.25, -0.2) is 0 Å². The number of carbonyl (C=O) groups excluding carboxylic acids is 2. The summed E-state index contributed by atoms with van der Waals surface area (Å²) in [7, 11) is 0. The van der Waals surface area contributed by atoms with E-state index in [9.17, 15) is 9.59 Å². The zero-order chi connectivity index (χ0) is 18.4. The molecule has 0 unspecified atom stereocenters. The lowest BCUT2D eigenvalue weighted by atomic mass is 10.0. The molecule has 2 aromatic rings. The second-order valence-corrected chi connectivity index (χ2v) is 6.92. The SMILES string of the molecule is Cc1ccc(C(=O)/C=C\S/C=C/C(=O)c2ccc(C)cc2C)c(C)c1. The molecule has 0 atom stereocenters. The van der Waals surface area contributed by atoms with Crippen molar-refractivity contribution in [3.63, 3.8) is 0 Å². The lowest BCUT2D eigenvalue weighted by molar-refractivity contribution is 0.103. The van der Waals surface area contributed by atoms with Crippen molar-refractivity contribution in [2.24, 2.45) is 0 Å². The Morgan fingerprint density at radius 2 is 1.12 bits per heavy atom. The Morgan fingerprint density at radius 3 is 1.48 bits per heavy atom. The van der Waals surface area contributed by atoms with Crippen LogP contribution in [0, 0.1) is 27.7 Å². The zero-order valence-corrected chi connectivity index (χ0v) is 15.8. The van der Waals surface area contributed by atoms with E-state index in [0.717, 1.165) is 22.3 Å². The number of thioether (sulfide) groups is 1. The average Bonchev–Trinajstić information content (AvgIpc) is 2.54. The first-order valence-corrected chi connectivity index (χ1v) is 9.04. The van der Waals surface area contributed by atoms with E-state index in [1.807, 2.05) is 64.1 Å². The third kappa shape index (κ3) is 5.30. The van der Waals surface area contributed by atoms with Crippen molar-refractivity contribution >= 4 is 23.3 Å². The summed E-state index contributed by atoms with van der Waals surface area (Å²) in [6.45, 7) is 7.88. The molecular formula is C22H22O2S. The van der Waals surface area contributed by atoms with Crippen LogP contribution in [-0.2, 0) is 0 Å². The number of aryl methyl sites for hydroxylation is 4. The molecule has 128 valence electrons. The molecule has 0 fully saturated rings. The molecule has 0 aliphatic heterocycles. The molecule has 0 bridgehead atoms. The summed E-state index contributed by atoms with van der Waals surface area (Å²) in [6.07, 6.45) is 3.07. The molecule has 0 N–H and O–H groups in total. The minimum Gasteiger partial charge on any atom is -0.289 e. The molecule has 3 heteroatoms. The summed E-state index contributed by atoms with van der Waals surface area (Å²) in [5.41, 5.74) is 5.64. The second kappa shape index (κ2) is 8.63. The fourth-order valence-corrected chi connectivity index (χ4v) is 3.10. The first-order valence-electron chi connectivity index (χ1n) is 8.10. The van der Waals surface area contributed by atoms with Gasteiger partial charge in [-0.3, -0.25) is 9.59 Å². The number of hydrogen-bond donors (Lipinski definition) is 0. The highest BCUT2D eigenvalue weighted by Gasteiger charge is 2.06. The highest BCUT2D eigenvalue weighted by Crippen LogP contribution is 2.15. The molecule has 0 saturated heterocycles. The summed E-state index contributed by atoms with van der Waals surface area (Å²) in [5.74, 6) is -0.0572. The topological polar surface area (TPSA) is 34.1 Å². The maximum Gasteiger partial charge on any atom is 0.186 e. The van der Waals surface area contributed by atoms with Crippen LogP contribution in [0.15, 0.2) is 59.4 Å². The van der Waals surface area contributed by atoms with Crippen molar-refractivity contribution in [3.05, 3.63) is 92.7 Å². The molecule has 2 rings (SSSR count). The van der Waals surface area contributed by atoms with Crippen molar-refractivity contribution in [3.8, 4) is 0 Å². The number of allylic oxidation sites excluding steroid dienone is 2. The van der Waals surface area contributed by atoms with Crippen LogP contribution >= 0.6 is 11.8 Å². The third-order valence-corrected chi connectivity index (χ3v) is 4.48. The Labute approximate surface area is 153 Å². The van der Waals surface area contributed by atoms with E-state index in [1.165, 1.54) is 23.9 Å². The van der Waals surface area contributed by atoms with E-state index >= 15 is 0 Å². The third-order valence-electron chi connectivity index (χ3n) is 3.89. The van der Waals surface area contributed by atoms with Crippen molar-refractivity contribution in [2.45, 2.75) is 27.7 Å². The van der Waals surface area contributed by atoms with Gasteiger partial charge in [-0.2, -0.15) is 0 Å². The van der Waals surface area contributed by atoms with Crippen molar-refractivity contribution in [1.29, 1.82) is 0 Å². The minimum atomic E-state index is -0.0286. The fourth-order valence-electron chi connectivity index (χ4n) is 2.61. The highest BCUT2D eigenvalue weighted by molar-refractivity contribution is 8.04. The Hall–Kier alpha value is -2.39. The monoisotopic (exact) mass is 350 g/mol. The molecule has 0 amide bonds. The second-order valence-electron chi connectivity index (χ2n) is 6.11. The van der Waals surface area contributed by atoms with E-state index in [2.05, 4.69) is 0 Å². The number of benzene rings is 2. The molecule has 0 aliphatic carbocycles. The maximum atomic E-state index is 12.2. The van der Waals surface area contributed by atoms with Gasteiger partial charge in [0.2, 0.25) is 0 Å². The average molecular weight is 350 g/mol. The molecular weight excluding hydrogens is 328 g/mol. The van der Waals surface area contributed by atoms with E-state index < -0.39 is 0 Å². The zero-order valence-electron chi connectivity index (χ0n) is 15.0. The molecule has 2 aromatic carbocycles. The van der Waals surface area contributed by atoms with Gasteiger partial charge in [-0.15, -0.1) is 11.8 Å². The van der Waals surface area contributed by atoms with Crippen LogP contribution < -0.4 is 0 Å². The van der Waals surface area contributed by atoms with Crippen molar-refractivity contribution in [2.75, 3.05) is 0 Å². The number of carbonyl (C=O) groups is 2. The summed E-state index contributed by atoms with van der Waals surface area (Å²) in [4.78, 5) is 24.4. The van der Waals surface area contributed by atoms with Gasteiger partial charge in [0.1, 0.15) is 0 Å². The summed E-state index contributed by atoms with van der Waals surface area (Å²) >= 11 is 1.31. The fraction of sp³-hybridized carbons (Fsp3) is 0.182. The van der Waals surface area contributed by atoms with Crippen molar-refractivity contribution in [1.82, 2.24) is 0 Å². The molecule has 2 nitrogen and oxygen atoms in total. The van der Waals surface area contributed by atoms with Crippen LogP contribution in [0.25, 0.3) is 0 Å². The smallest absolute Gasteiger partial charge is 0.186 e. The molecule has 0 aliphatic rings. The molecule has 0 radical (unpaired) electrons. The lowest BCUT2D eigenvalue weighted by Gasteiger charge is -2.03. The van der Waals surface area contributed by atoms with Crippen LogP contribution in [0.4, 0.5) is 0 Å². The van der Waals surface area contributed by atoms with Crippen LogP contribution in [0.1, 0.15) is 43.0 Å². The highest BCUT2D eigenvalue weighted by atomic mass is 32.2. The molecule has 0 aromatic heterocycles. The van der Waals surface area contributed by atoms with E-state index in [0.29, 0.717) is 11.1 Å². The number of hydrogen-bond acceptors (Lipinski definition) is 3. The largest absolute Gasteiger partial charge is 0.289 e.